The molecule has 2 aromatic rings. The van der Waals surface area contributed by atoms with Crippen LogP contribution in [0, 0.1) is 0 Å². The van der Waals surface area contributed by atoms with E-state index in [1.54, 1.807) is 12.5 Å². The van der Waals surface area contributed by atoms with Crippen molar-refractivity contribution in [3.8, 4) is 0 Å². The number of aromatic nitrogens is 1. The molecule has 1 fully saturated rings. The van der Waals surface area contributed by atoms with E-state index in [1.807, 2.05) is 12.3 Å². The summed E-state index contributed by atoms with van der Waals surface area (Å²) in [6, 6.07) is 2.10. The zero-order chi connectivity index (χ0) is 10.1. The lowest BCUT2D eigenvalue weighted by atomic mass is 10.1. The minimum absolute atomic E-state index is 0.226. The monoisotopic (exact) mass is 204 g/mol. The highest BCUT2D eigenvalue weighted by molar-refractivity contribution is 5.80. The van der Waals surface area contributed by atoms with Crippen LogP contribution >= 0.6 is 0 Å². The normalized spacial score (nSPS) is 22.0. The minimum Gasteiger partial charge on any atom is -0.464 e. The van der Waals surface area contributed by atoms with Gasteiger partial charge in [0.05, 0.1) is 25.5 Å². The first kappa shape index (κ1) is 8.88. The number of nitrogens with one attached hydrogen (secondary N) is 1. The SMILES string of the molecule is c1cc2occ(C3COCCN3)c2cn1. The molecule has 1 N–H and O–H groups in total. The first-order valence-electron chi connectivity index (χ1n) is 5.07. The second-order valence-electron chi connectivity index (χ2n) is 3.64. The van der Waals surface area contributed by atoms with Crippen molar-refractivity contribution in [3.63, 3.8) is 0 Å². The molecular weight excluding hydrogens is 192 g/mol. The van der Waals surface area contributed by atoms with Crippen LogP contribution in [0.2, 0.25) is 0 Å². The summed E-state index contributed by atoms with van der Waals surface area (Å²) in [5.41, 5.74) is 2.02. The number of furan rings is 1. The fourth-order valence-electron chi connectivity index (χ4n) is 1.93. The van der Waals surface area contributed by atoms with Crippen LogP contribution in [-0.4, -0.2) is 24.7 Å². The van der Waals surface area contributed by atoms with Gasteiger partial charge >= 0.3 is 0 Å². The lowest BCUT2D eigenvalue weighted by molar-refractivity contribution is 0.0770. The number of morpholine rings is 1. The van der Waals surface area contributed by atoms with E-state index in [9.17, 15) is 0 Å². The third-order valence-electron chi connectivity index (χ3n) is 2.70. The van der Waals surface area contributed by atoms with Crippen molar-refractivity contribution in [1.29, 1.82) is 0 Å². The van der Waals surface area contributed by atoms with Crippen molar-refractivity contribution in [2.45, 2.75) is 6.04 Å². The van der Waals surface area contributed by atoms with Crippen LogP contribution in [0.25, 0.3) is 11.0 Å². The zero-order valence-corrected chi connectivity index (χ0v) is 8.27. The minimum atomic E-state index is 0.226. The first-order chi connectivity index (χ1) is 7.45. The van der Waals surface area contributed by atoms with E-state index in [0.29, 0.717) is 6.61 Å². The van der Waals surface area contributed by atoms with Gasteiger partial charge in [0, 0.05) is 29.9 Å². The van der Waals surface area contributed by atoms with Crippen molar-refractivity contribution in [3.05, 3.63) is 30.3 Å². The molecule has 2 aromatic heterocycles. The summed E-state index contributed by atoms with van der Waals surface area (Å²) in [4.78, 5) is 4.11. The standard InChI is InChI=1S/C11H12N2O2/c1-2-12-5-8-9(6-15-11(1)8)10-7-14-4-3-13-10/h1-2,5-6,10,13H,3-4,7H2. The largest absolute Gasteiger partial charge is 0.464 e. The molecule has 4 nitrogen and oxygen atoms in total. The van der Waals surface area contributed by atoms with Crippen molar-refractivity contribution in [2.75, 3.05) is 19.8 Å². The molecule has 3 rings (SSSR count). The lowest BCUT2D eigenvalue weighted by Crippen LogP contribution is -2.34. The van der Waals surface area contributed by atoms with Crippen molar-refractivity contribution < 1.29 is 9.15 Å². The molecule has 15 heavy (non-hydrogen) atoms. The van der Waals surface area contributed by atoms with Gasteiger partial charge in [-0.25, -0.2) is 0 Å². The maximum atomic E-state index is 5.47. The molecule has 1 aliphatic heterocycles. The van der Waals surface area contributed by atoms with Crippen LogP contribution in [0.4, 0.5) is 0 Å². The molecule has 0 bridgehead atoms. The van der Waals surface area contributed by atoms with E-state index in [1.165, 1.54) is 0 Å². The Bertz CT molecular complexity index is 460. The molecule has 0 aromatic carbocycles. The van der Waals surface area contributed by atoms with Gasteiger partial charge in [-0.3, -0.25) is 4.98 Å². The second kappa shape index (κ2) is 3.64. The molecule has 0 radical (unpaired) electrons. The molecule has 0 amide bonds. The highest BCUT2D eigenvalue weighted by atomic mass is 16.5. The van der Waals surface area contributed by atoms with Crippen LogP contribution in [-0.2, 0) is 4.74 Å². The predicted octanol–water partition coefficient (Wildman–Crippen LogP) is 1.49. The lowest BCUT2D eigenvalue weighted by Gasteiger charge is -2.22. The third-order valence-corrected chi connectivity index (χ3v) is 2.70. The molecule has 1 saturated heterocycles. The summed E-state index contributed by atoms with van der Waals surface area (Å²) in [6.45, 7) is 2.37. The average Bonchev–Trinajstić information content (AvgIpc) is 2.74. The maximum Gasteiger partial charge on any atom is 0.137 e. The fraction of sp³-hybridized carbons (Fsp3) is 0.364. The fourth-order valence-corrected chi connectivity index (χ4v) is 1.93. The summed E-state index contributed by atoms with van der Waals surface area (Å²) in [7, 11) is 0. The Morgan fingerprint density at radius 2 is 2.47 bits per heavy atom. The van der Waals surface area contributed by atoms with Crippen molar-refractivity contribution >= 4 is 11.0 Å². The Kier molecular flexibility index (Phi) is 2.16. The number of hydrogen-bond donors (Lipinski definition) is 1. The van der Waals surface area contributed by atoms with Gasteiger partial charge in [-0.15, -0.1) is 0 Å². The van der Waals surface area contributed by atoms with Gasteiger partial charge in [0.25, 0.3) is 0 Å². The van der Waals surface area contributed by atoms with Gasteiger partial charge in [0.1, 0.15) is 5.58 Å². The predicted molar refractivity (Wildman–Crippen MR) is 55.6 cm³/mol. The van der Waals surface area contributed by atoms with Crippen molar-refractivity contribution in [1.82, 2.24) is 10.3 Å². The van der Waals surface area contributed by atoms with Crippen LogP contribution in [0.5, 0.6) is 0 Å². The number of hydrogen-bond acceptors (Lipinski definition) is 4. The van der Waals surface area contributed by atoms with E-state index in [4.69, 9.17) is 9.15 Å². The topological polar surface area (TPSA) is 47.3 Å². The van der Waals surface area contributed by atoms with E-state index >= 15 is 0 Å². The highest BCUT2D eigenvalue weighted by Gasteiger charge is 2.19. The molecule has 78 valence electrons. The molecule has 0 aliphatic carbocycles. The average molecular weight is 204 g/mol. The van der Waals surface area contributed by atoms with Gasteiger partial charge in [-0.1, -0.05) is 0 Å². The third kappa shape index (κ3) is 1.52. The maximum absolute atomic E-state index is 5.47. The van der Waals surface area contributed by atoms with E-state index in [0.717, 1.165) is 29.7 Å². The molecule has 1 aliphatic rings. The Balaban J connectivity index is 2.02. The van der Waals surface area contributed by atoms with Gasteiger partial charge in [0.2, 0.25) is 0 Å². The van der Waals surface area contributed by atoms with E-state index in [-0.39, 0.29) is 6.04 Å². The van der Waals surface area contributed by atoms with Crippen LogP contribution in [0.15, 0.2) is 29.1 Å². The molecule has 3 heterocycles. The van der Waals surface area contributed by atoms with Crippen LogP contribution < -0.4 is 5.32 Å². The zero-order valence-electron chi connectivity index (χ0n) is 8.27. The smallest absolute Gasteiger partial charge is 0.137 e. The van der Waals surface area contributed by atoms with Gasteiger partial charge in [-0.2, -0.15) is 0 Å². The summed E-state index contributed by atoms with van der Waals surface area (Å²) in [6.07, 6.45) is 5.36. The second-order valence-corrected chi connectivity index (χ2v) is 3.64. The summed E-state index contributed by atoms with van der Waals surface area (Å²) in [5.74, 6) is 0. The van der Waals surface area contributed by atoms with Crippen LogP contribution in [0.1, 0.15) is 11.6 Å². The summed E-state index contributed by atoms with van der Waals surface area (Å²) >= 11 is 0. The van der Waals surface area contributed by atoms with Crippen LogP contribution in [0.3, 0.4) is 0 Å². The van der Waals surface area contributed by atoms with E-state index in [2.05, 4.69) is 10.3 Å². The Morgan fingerprint density at radius 1 is 1.47 bits per heavy atom. The van der Waals surface area contributed by atoms with Gasteiger partial charge in [0.15, 0.2) is 0 Å². The van der Waals surface area contributed by atoms with E-state index < -0.39 is 0 Å². The number of rotatable bonds is 1. The van der Waals surface area contributed by atoms with Gasteiger partial charge < -0.3 is 14.5 Å². The molecule has 4 heteroatoms. The Labute approximate surface area is 87.2 Å². The molecule has 1 unspecified atom stereocenters. The molecule has 0 spiro atoms. The Morgan fingerprint density at radius 3 is 3.33 bits per heavy atom. The molecular formula is C11H12N2O2. The number of pyridine rings is 1. The highest BCUT2D eigenvalue weighted by Crippen LogP contribution is 2.26. The summed E-state index contributed by atoms with van der Waals surface area (Å²) in [5, 5.41) is 4.47. The number of ether oxygens (including phenoxy) is 1. The van der Waals surface area contributed by atoms with Crippen molar-refractivity contribution in [2.24, 2.45) is 0 Å². The quantitative estimate of drug-likeness (QED) is 0.764. The number of nitrogens with zero attached hydrogens (tertiary/aromatic N) is 1. The summed E-state index contributed by atoms with van der Waals surface area (Å²) < 4.78 is 10.9. The molecule has 0 saturated carbocycles. The van der Waals surface area contributed by atoms with Gasteiger partial charge in [-0.05, 0) is 6.07 Å². The molecule has 1 atom stereocenters. The first-order valence-corrected chi connectivity index (χ1v) is 5.07. The number of fused-ring (bicyclic) bond motifs is 1. The Hall–Kier alpha value is -1.39.